The molecule has 1 aromatic carbocycles. The molecular weight excluding hydrogens is 313 g/mol. The molecule has 1 heterocycles. The van der Waals surface area contributed by atoms with Crippen LogP contribution in [0.4, 0.5) is 5.82 Å². The summed E-state index contributed by atoms with van der Waals surface area (Å²) in [7, 11) is 0. The van der Waals surface area contributed by atoms with Gasteiger partial charge in [0.1, 0.15) is 16.7 Å². The average Bonchev–Trinajstić information content (AvgIpc) is 2.40. The van der Waals surface area contributed by atoms with Crippen LogP contribution in [0, 0.1) is 6.92 Å². The molecule has 20 heavy (non-hydrogen) atoms. The van der Waals surface area contributed by atoms with Crippen molar-refractivity contribution in [3.8, 4) is 0 Å². The van der Waals surface area contributed by atoms with E-state index in [9.17, 15) is 0 Å². The zero-order valence-electron chi connectivity index (χ0n) is 11.3. The molecule has 0 unspecified atom stereocenters. The summed E-state index contributed by atoms with van der Waals surface area (Å²) in [6.45, 7) is 4.01. The molecule has 6 heteroatoms. The van der Waals surface area contributed by atoms with E-state index in [2.05, 4.69) is 16.9 Å². The Bertz CT molecular complexity index is 632. The minimum absolute atomic E-state index is 0.533. The molecule has 0 saturated heterocycles. The summed E-state index contributed by atoms with van der Waals surface area (Å²) in [5.41, 5.74) is 6.84. The second-order valence-corrected chi connectivity index (χ2v) is 6.26. The van der Waals surface area contributed by atoms with Gasteiger partial charge in [-0.3, -0.25) is 0 Å². The molecule has 0 bridgehead atoms. The maximum absolute atomic E-state index is 6.03. The highest BCUT2D eigenvalue weighted by Gasteiger charge is 2.11. The van der Waals surface area contributed by atoms with Crippen molar-refractivity contribution in [2.75, 3.05) is 5.73 Å². The molecule has 106 valence electrons. The first-order valence-corrected chi connectivity index (χ1v) is 7.84. The van der Waals surface area contributed by atoms with E-state index in [0.29, 0.717) is 15.9 Å². The number of nitrogen functional groups attached to an aromatic ring is 1. The van der Waals surface area contributed by atoms with Crippen LogP contribution in [0.5, 0.6) is 0 Å². The lowest BCUT2D eigenvalue weighted by Gasteiger charge is -2.09. The smallest absolute Gasteiger partial charge is 0.132 e. The molecule has 2 rings (SSSR count). The first-order chi connectivity index (χ1) is 9.51. The van der Waals surface area contributed by atoms with Gasteiger partial charge in [-0.2, -0.15) is 0 Å². The zero-order chi connectivity index (χ0) is 14.7. The topological polar surface area (TPSA) is 51.8 Å². The number of hydrogen-bond acceptors (Lipinski definition) is 4. The summed E-state index contributed by atoms with van der Waals surface area (Å²) in [6.07, 6.45) is 1.80. The molecule has 2 N–H and O–H groups in total. The van der Waals surface area contributed by atoms with E-state index >= 15 is 0 Å². The van der Waals surface area contributed by atoms with Crippen LogP contribution in [0.1, 0.15) is 24.7 Å². The third kappa shape index (κ3) is 3.57. The largest absolute Gasteiger partial charge is 0.383 e. The van der Waals surface area contributed by atoms with Crippen LogP contribution < -0.4 is 5.73 Å². The second-order valence-electron chi connectivity index (χ2n) is 4.38. The fourth-order valence-electron chi connectivity index (χ4n) is 1.65. The van der Waals surface area contributed by atoms with E-state index < -0.39 is 0 Å². The number of rotatable bonds is 4. The van der Waals surface area contributed by atoms with Crippen molar-refractivity contribution in [2.45, 2.75) is 36.6 Å². The normalized spacial score (nSPS) is 10.8. The predicted octanol–water partition coefficient (Wildman–Crippen LogP) is 4.78. The Morgan fingerprint density at radius 1 is 1.20 bits per heavy atom. The van der Waals surface area contributed by atoms with Gasteiger partial charge in [0, 0.05) is 16.9 Å². The number of hydrogen-bond donors (Lipinski definition) is 1. The number of aryl methyl sites for hydroxylation is 1. The Kier molecular flexibility index (Phi) is 5.13. The first kappa shape index (κ1) is 15.4. The number of halogens is 2. The van der Waals surface area contributed by atoms with Crippen molar-refractivity contribution in [2.24, 2.45) is 0 Å². The minimum Gasteiger partial charge on any atom is -0.383 e. The third-order valence-corrected chi connectivity index (χ3v) is 4.58. The lowest BCUT2D eigenvalue weighted by molar-refractivity contribution is 0.806. The Morgan fingerprint density at radius 2 is 1.95 bits per heavy atom. The lowest BCUT2D eigenvalue weighted by atomic mass is 10.3. The van der Waals surface area contributed by atoms with Crippen LogP contribution in [0.25, 0.3) is 0 Å². The van der Waals surface area contributed by atoms with Gasteiger partial charge in [0.25, 0.3) is 0 Å². The molecule has 3 nitrogen and oxygen atoms in total. The van der Waals surface area contributed by atoms with Gasteiger partial charge in [-0.1, -0.05) is 41.9 Å². The summed E-state index contributed by atoms with van der Waals surface area (Å²) in [6, 6.07) is 5.51. The van der Waals surface area contributed by atoms with Gasteiger partial charge < -0.3 is 5.73 Å². The zero-order valence-corrected chi connectivity index (χ0v) is 13.6. The number of benzene rings is 1. The number of nitrogens with two attached hydrogens (primary N) is 1. The molecular formula is C14H15Cl2N3S. The van der Waals surface area contributed by atoms with Crippen LogP contribution in [0.15, 0.2) is 28.1 Å². The molecule has 0 amide bonds. The standard InChI is InChI=1S/C14H15Cl2N3S/c1-3-4-12-18-13(17)8(2)14(19-12)20-9-5-6-10(15)11(16)7-9/h5-7H,3-4H2,1-2H3,(H2,17,18,19). The fourth-order valence-corrected chi connectivity index (χ4v) is 2.95. The maximum atomic E-state index is 6.03. The minimum atomic E-state index is 0.533. The summed E-state index contributed by atoms with van der Waals surface area (Å²) in [5.74, 6) is 1.31. The van der Waals surface area contributed by atoms with Gasteiger partial charge in [-0.05, 0) is 31.5 Å². The fraction of sp³-hybridized carbons (Fsp3) is 0.286. The quantitative estimate of drug-likeness (QED) is 0.821. The Hall–Kier alpha value is -0.970. The lowest BCUT2D eigenvalue weighted by Crippen LogP contribution is -2.04. The van der Waals surface area contributed by atoms with Crippen molar-refractivity contribution >= 4 is 40.8 Å². The molecule has 0 aliphatic carbocycles. The number of nitrogens with zero attached hydrogens (tertiary/aromatic N) is 2. The third-order valence-electron chi connectivity index (χ3n) is 2.76. The van der Waals surface area contributed by atoms with Crippen molar-refractivity contribution in [3.63, 3.8) is 0 Å². The van der Waals surface area contributed by atoms with Crippen molar-refractivity contribution in [3.05, 3.63) is 39.6 Å². The van der Waals surface area contributed by atoms with Crippen molar-refractivity contribution in [1.82, 2.24) is 9.97 Å². The van der Waals surface area contributed by atoms with Crippen LogP contribution in [-0.2, 0) is 6.42 Å². The Morgan fingerprint density at radius 3 is 2.60 bits per heavy atom. The summed E-state index contributed by atoms with van der Waals surface area (Å²) >= 11 is 13.5. The van der Waals surface area contributed by atoms with Crippen LogP contribution in [0.2, 0.25) is 10.0 Å². The number of anilines is 1. The van der Waals surface area contributed by atoms with Gasteiger partial charge in [0.2, 0.25) is 0 Å². The summed E-state index contributed by atoms with van der Waals surface area (Å²) < 4.78 is 0. The van der Waals surface area contributed by atoms with E-state index in [1.165, 1.54) is 11.8 Å². The molecule has 0 radical (unpaired) electrons. The van der Waals surface area contributed by atoms with Crippen molar-refractivity contribution < 1.29 is 0 Å². The van der Waals surface area contributed by atoms with Crippen LogP contribution in [-0.4, -0.2) is 9.97 Å². The average molecular weight is 328 g/mol. The molecule has 0 saturated carbocycles. The van der Waals surface area contributed by atoms with Gasteiger partial charge in [-0.15, -0.1) is 0 Å². The molecule has 1 aromatic heterocycles. The molecule has 0 aliphatic heterocycles. The SMILES string of the molecule is CCCc1nc(N)c(C)c(Sc2ccc(Cl)c(Cl)c2)n1. The molecule has 2 aromatic rings. The number of aromatic nitrogens is 2. The van der Waals surface area contributed by atoms with E-state index in [0.717, 1.165) is 34.2 Å². The summed E-state index contributed by atoms with van der Waals surface area (Å²) in [5, 5.41) is 1.94. The van der Waals surface area contributed by atoms with Gasteiger partial charge in [0.15, 0.2) is 0 Å². The van der Waals surface area contributed by atoms with E-state index in [-0.39, 0.29) is 0 Å². The van der Waals surface area contributed by atoms with Crippen LogP contribution >= 0.6 is 35.0 Å². The van der Waals surface area contributed by atoms with E-state index in [1.54, 1.807) is 6.07 Å². The van der Waals surface area contributed by atoms with Gasteiger partial charge in [-0.25, -0.2) is 9.97 Å². The molecule has 0 fully saturated rings. The first-order valence-electron chi connectivity index (χ1n) is 6.27. The van der Waals surface area contributed by atoms with Crippen LogP contribution in [0.3, 0.4) is 0 Å². The molecule has 0 spiro atoms. The maximum Gasteiger partial charge on any atom is 0.132 e. The highest BCUT2D eigenvalue weighted by Crippen LogP contribution is 2.34. The van der Waals surface area contributed by atoms with E-state index in [4.69, 9.17) is 28.9 Å². The van der Waals surface area contributed by atoms with E-state index in [1.807, 2.05) is 19.1 Å². The molecule has 0 atom stereocenters. The highest BCUT2D eigenvalue weighted by atomic mass is 35.5. The monoisotopic (exact) mass is 327 g/mol. The Labute approximate surface area is 132 Å². The molecule has 0 aliphatic rings. The van der Waals surface area contributed by atoms with Crippen molar-refractivity contribution in [1.29, 1.82) is 0 Å². The summed E-state index contributed by atoms with van der Waals surface area (Å²) in [4.78, 5) is 9.84. The second kappa shape index (κ2) is 6.66. The van der Waals surface area contributed by atoms with Gasteiger partial charge in [0.05, 0.1) is 10.0 Å². The highest BCUT2D eigenvalue weighted by molar-refractivity contribution is 7.99. The van der Waals surface area contributed by atoms with Gasteiger partial charge >= 0.3 is 0 Å². The Balaban J connectivity index is 2.34. The predicted molar refractivity (Wildman–Crippen MR) is 85.8 cm³/mol.